The lowest BCUT2D eigenvalue weighted by atomic mass is 9.82. The molecule has 1 aliphatic carbocycles. The normalized spacial score (nSPS) is 26.5. The summed E-state index contributed by atoms with van der Waals surface area (Å²) in [6, 6.07) is 1.77. The fraction of sp³-hybridized carbons (Fsp3) is 0.667. The molecule has 3 heteroatoms. The molecule has 0 saturated heterocycles. The number of hydrogen-bond acceptors (Lipinski definition) is 3. The van der Waals surface area contributed by atoms with Crippen molar-refractivity contribution in [3.05, 3.63) is 23.8 Å². The molecule has 1 aromatic rings. The van der Waals surface area contributed by atoms with Gasteiger partial charge >= 0.3 is 0 Å². The quantitative estimate of drug-likeness (QED) is 0.807. The van der Waals surface area contributed by atoms with Gasteiger partial charge in [-0.05, 0) is 24.8 Å². The van der Waals surface area contributed by atoms with Gasteiger partial charge in [-0.2, -0.15) is 0 Å². The highest BCUT2D eigenvalue weighted by Crippen LogP contribution is 2.33. The van der Waals surface area contributed by atoms with Crippen LogP contribution in [0.25, 0.3) is 0 Å². The molecular formula is C12H18N2O. The Balaban J connectivity index is 2.08. The van der Waals surface area contributed by atoms with Crippen LogP contribution in [0.1, 0.15) is 50.0 Å². The second-order valence-corrected chi connectivity index (χ2v) is 4.52. The first-order chi connectivity index (χ1) is 7.29. The summed E-state index contributed by atoms with van der Waals surface area (Å²) < 4.78 is 0. The maximum Gasteiger partial charge on any atom is 0.131 e. The van der Waals surface area contributed by atoms with Crippen LogP contribution in [-0.2, 0) is 6.61 Å². The van der Waals surface area contributed by atoms with Gasteiger partial charge < -0.3 is 5.11 Å². The summed E-state index contributed by atoms with van der Waals surface area (Å²) in [5, 5.41) is 9.01. The minimum absolute atomic E-state index is 0.0125. The molecule has 3 nitrogen and oxygen atoms in total. The van der Waals surface area contributed by atoms with E-state index in [9.17, 15) is 0 Å². The Morgan fingerprint density at radius 3 is 2.73 bits per heavy atom. The zero-order valence-electron chi connectivity index (χ0n) is 9.19. The van der Waals surface area contributed by atoms with Crippen molar-refractivity contribution in [1.82, 2.24) is 9.97 Å². The van der Waals surface area contributed by atoms with Crippen molar-refractivity contribution in [2.75, 3.05) is 0 Å². The molecule has 1 fully saturated rings. The molecular weight excluding hydrogens is 188 g/mol. The van der Waals surface area contributed by atoms with Gasteiger partial charge in [-0.25, -0.2) is 9.97 Å². The van der Waals surface area contributed by atoms with E-state index in [0.717, 1.165) is 17.4 Å². The number of nitrogens with zero attached hydrogens (tertiary/aromatic N) is 2. The largest absolute Gasteiger partial charge is 0.390 e. The lowest BCUT2D eigenvalue weighted by Crippen LogP contribution is -2.14. The monoisotopic (exact) mass is 206 g/mol. The van der Waals surface area contributed by atoms with Gasteiger partial charge in [0.05, 0.1) is 12.3 Å². The summed E-state index contributed by atoms with van der Waals surface area (Å²) in [6.45, 7) is 2.32. The predicted octanol–water partition coefficient (Wildman–Crippen LogP) is 2.26. The molecule has 0 amide bonds. The second kappa shape index (κ2) is 4.71. The molecule has 0 unspecified atom stereocenters. The van der Waals surface area contributed by atoms with Crippen LogP contribution in [0.5, 0.6) is 0 Å². The molecule has 0 bridgehead atoms. The highest BCUT2D eigenvalue weighted by molar-refractivity contribution is 5.05. The molecule has 82 valence electrons. The van der Waals surface area contributed by atoms with Gasteiger partial charge in [0.15, 0.2) is 0 Å². The van der Waals surface area contributed by atoms with Gasteiger partial charge in [-0.15, -0.1) is 0 Å². The molecule has 1 aromatic heterocycles. The topological polar surface area (TPSA) is 46.0 Å². The second-order valence-electron chi connectivity index (χ2n) is 4.52. The molecule has 0 radical (unpaired) electrons. The Morgan fingerprint density at radius 2 is 2.07 bits per heavy atom. The number of hydrogen-bond donors (Lipinski definition) is 1. The van der Waals surface area contributed by atoms with Crippen molar-refractivity contribution in [3.63, 3.8) is 0 Å². The van der Waals surface area contributed by atoms with Gasteiger partial charge in [0.2, 0.25) is 0 Å². The Hall–Kier alpha value is -0.960. The van der Waals surface area contributed by atoms with E-state index >= 15 is 0 Å². The van der Waals surface area contributed by atoms with Crippen LogP contribution >= 0.6 is 0 Å². The molecule has 0 aliphatic heterocycles. The first kappa shape index (κ1) is 10.6. The molecule has 15 heavy (non-hydrogen) atoms. The van der Waals surface area contributed by atoms with Crippen LogP contribution in [0.3, 0.4) is 0 Å². The Kier molecular flexibility index (Phi) is 3.31. The SMILES string of the molecule is CC1CCC(c2nccc(CO)n2)CC1. The van der Waals surface area contributed by atoms with Gasteiger partial charge in [0.25, 0.3) is 0 Å². The van der Waals surface area contributed by atoms with Gasteiger partial charge in [-0.3, -0.25) is 0 Å². The van der Waals surface area contributed by atoms with Gasteiger partial charge in [0.1, 0.15) is 5.82 Å². The average molecular weight is 206 g/mol. The minimum Gasteiger partial charge on any atom is -0.390 e. The van der Waals surface area contributed by atoms with E-state index in [1.807, 2.05) is 0 Å². The van der Waals surface area contributed by atoms with E-state index in [-0.39, 0.29) is 6.61 Å². The van der Waals surface area contributed by atoms with E-state index in [2.05, 4.69) is 16.9 Å². The summed E-state index contributed by atoms with van der Waals surface area (Å²) in [5.41, 5.74) is 0.735. The number of rotatable bonds is 2. The van der Waals surface area contributed by atoms with Crippen molar-refractivity contribution in [3.8, 4) is 0 Å². The maximum atomic E-state index is 9.01. The van der Waals surface area contributed by atoms with Crippen LogP contribution < -0.4 is 0 Å². The third-order valence-electron chi connectivity index (χ3n) is 3.27. The summed E-state index contributed by atoms with van der Waals surface area (Å²) in [4.78, 5) is 8.69. The smallest absolute Gasteiger partial charge is 0.131 e. The number of aliphatic hydroxyl groups is 1. The van der Waals surface area contributed by atoms with Crippen molar-refractivity contribution in [1.29, 1.82) is 0 Å². The summed E-state index contributed by atoms with van der Waals surface area (Å²) in [5.74, 6) is 2.28. The highest BCUT2D eigenvalue weighted by atomic mass is 16.3. The molecule has 1 N–H and O–H groups in total. The predicted molar refractivity (Wildman–Crippen MR) is 58.3 cm³/mol. The van der Waals surface area contributed by atoms with Crippen LogP contribution in [0.15, 0.2) is 12.3 Å². The zero-order chi connectivity index (χ0) is 10.7. The fourth-order valence-corrected chi connectivity index (χ4v) is 2.22. The van der Waals surface area contributed by atoms with E-state index in [1.54, 1.807) is 12.3 Å². The van der Waals surface area contributed by atoms with Gasteiger partial charge in [-0.1, -0.05) is 19.8 Å². The first-order valence-electron chi connectivity index (χ1n) is 5.72. The summed E-state index contributed by atoms with van der Waals surface area (Å²) in [6.07, 6.45) is 6.69. The molecule has 0 atom stereocenters. The summed E-state index contributed by atoms with van der Waals surface area (Å²) in [7, 11) is 0. The number of aromatic nitrogens is 2. The maximum absolute atomic E-state index is 9.01. The first-order valence-corrected chi connectivity index (χ1v) is 5.72. The molecule has 1 saturated carbocycles. The van der Waals surface area contributed by atoms with Crippen LogP contribution in [0.4, 0.5) is 0 Å². The Labute approximate surface area is 90.6 Å². The zero-order valence-corrected chi connectivity index (χ0v) is 9.19. The molecule has 1 aliphatic rings. The third kappa shape index (κ3) is 2.53. The molecule has 1 heterocycles. The fourth-order valence-electron chi connectivity index (χ4n) is 2.22. The summed E-state index contributed by atoms with van der Waals surface area (Å²) >= 11 is 0. The van der Waals surface area contributed by atoms with E-state index < -0.39 is 0 Å². The van der Waals surface area contributed by atoms with Crippen LogP contribution in [-0.4, -0.2) is 15.1 Å². The van der Waals surface area contributed by atoms with E-state index in [1.165, 1.54) is 25.7 Å². The van der Waals surface area contributed by atoms with Crippen molar-refractivity contribution in [2.24, 2.45) is 5.92 Å². The van der Waals surface area contributed by atoms with Crippen LogP contribution in [0, 0.1) is 5.92 Å². The van der Waals surface area contributed by atoms with Crippen LogP contribution in [0.2, 0.25) is 0 Å². The molecule has 2 rings (SSSR count). The van der Waals surface area contributed by atoms with E-state index in [4.69, 9.17) is 5.11 Å². The van der Waals surface area contributed by atoms with E-state index in [0.29, 0.717) is 5.92 Å². The Morgan fingerprint density at radius 1 is 1.33 bits per heavy atom. The molecule has 0 aromatic carbocycles. The van der Waals surface area contributed by atoms with Crippen molar-refractivity contribution in [2.45, 2.75) is 45.1 Å². The van der Waals surface area contributed by atoms with Crippen molar-refractivity contribution >= 4 is 0 Å². The Bertz CT molecular complexity index is 319. The minimum atomic E-state index is 0.0125. The third-order valence-corrected chi connectivity index (χ3v) is 3.27. The standard InChI is InChI=1S/C12H18N2O/c1-9-2-4-10(5-3-9)12-13-7-6-11(8-15)14-12/h6-7,9-10,15H,2-5,8H2,1H3. The average Bonchev–Trinajstić information content (AvgIpc) is 2.30. The lowest BCUT2D eigenvalue weighted by Gasteiger charge is -2.24. The highest BCUT2D eigenvalue weighted by Gasteiger charge is 2.21. The number of aliphatic hydroxyl groups excluding tert-OH is 1. The van der Waals surface area contributed by atoms with Crippen molar-refractivity contribution < 1.29 is 5.11 Å². The lowest BCUT2D eigenvalue weighted by molar-refractivity contribution is 0.274. The van der Waals surface area contributed by atoms with Gasteiger partial charge in [0, 0.05) is 12.1 Å². The molecule has 0 spiro atoms.